The zero-order valence-corrected chi connectivity index (χ0v) is 15.1. The summed E-state index contributed by atoms with van der Waals surface area (Å²) in [6.07, 6.45) is 2.84. The zero-order chi connectivity index (χ0) is 16.5. The molecule has 1 aliphatic heterocycles. The molecular formula is C18H19ClN4S. The summed E-state index contributed by atoms with van der Waals surface area (Å²) in [6, 6.07) is 8.00. The van der Waals surface area contributed by atoms with Crippen molar-refractivity contribution in [1.29, 1.82) is 0 Å². The summed E-state index contributed by atoms with van der Waals surface area (Å²) in [6.45, 7) is 4.23. The van der Waals surface area contributed by atoms with Gasteiger partial charge < -0.3 is 9.80 Å². The lowest BCUT2D eigenvalue weighted by Crippen LogP contribution is -2.29. The number of anilines is 1. The van der Waals surface area contributed by atoms with Crippen LogP contribution in [0.4, 0.5) is 5.82 Å². The van der Waals surface area contributed by atoms with Crippen LogP contribution in [0.15, 0.2) is 36.0 Å². The maximum absolute atomic E-state index is 6.04. The molecule has 124 valence electrons. The van der Waals surface area contributed by atoms with Crippen LogP contribution in [-0.4, -0.2) is 48.1 Å². The van der Waals surface area contributed by atoms with Crippen LogP contribution in [0.5, 0.6) is 0 Å². The summed E-state index contributed by atoms with van der Waals surface area (Å²) >= 11 is 7.72. The molecule has 6 heteroatoms. The van der Waals surface area contributed by atoms with E-state index in [9.17, 15) is 0 Å². The van der Waals surface area contributed by atoms with Gasteiger partial charge >= 0.3 is 0 Å². The van der Waals surface area contributed by atoms with Crippen LogP contribution in [0.2, 0.25) is 5.02 Å². The normalized spacial score (nSPS) is 16.5. The maximum atomic E-state index is 6.04. The fourth-order valence-electron chi connectivity index (χ4n) is 3.20. The van der Waals surface area contributed by atoms with Crippen molar-refractivity contribution in [3.05, 3.63) is 41.0 Å². The minimum atomic E-state index is 0.755. The minimum Gasteiger partial charge on any atom is -0.355 e. The second-order valence-corrected chi connectivity index (χ2v) is 7.47. The van der Waals surface area contributed by atoms with E-state index in [-0.39, 0.29) is 0 Å². The molecule has 3 aromatic rings. The van der Waals surface area contributed by atoms with Gasteiger partial charge in [-0.05, 0) is 37.7 Å². The van der Waals surface area contributed by atoms with Gasteiger partial charge in [0, 0.05) is 35.6 Å². The number of halogens is 1. The molecular weight excluding hydrogens is 340 g/mol. The predicted octanol–water partition coefficient (Wildman–Crippen LogP) is 4.15. The molecule has 0 unspecified atom stereocenters. The third-order valence-electron chi connectivity index (χ3n) is 4.52. The number of hydrogen-bond donors (Lipinski definition) is 0. The van der Waals surface area contributed by atoms with E-state index in [0.29, 0.717) is 0 Å². The van der Waals surface area contributed by atoms with Crippen molar-refractivity contribution in [3.63, 3.8) is 0 Å². The van der Waals surface area contributed by atoms with Gasteiger partial charge in [-0.1, -0.05) is 23.7 Å². The molecule has 0 atom stereocenters. The Balaban J connectivity index is 1.81. The number of aromatic nitrogens is 2. The third kappa shape index (κ3) is 2.99. The number of nitrogens with zero attached hydrogens (tertiary/aromatic N) is 4. The van der Waals surface area contributed by atoms with E-state index in [2.05, 4.69) is 44.3 Å². The molecule has 3 heterocycles. The first-order valence-corrected chi connectivity index (χ1v) is 9.40. The van der Waals surface area contributed by atoms with E-state index in [0.717, 1.165) is 59.2 Å². The largest absolute Gasteiger partial charge is 0.355 e. The summed E-state index contributed by atoms with van der Waals surface area (Å²) in [5.41, 5.74) is 2.36. The van der Waals surface area contributed by atoms with Crippen molar-refractivity contribution in [3.8, 4) is 11.1 Å². The van der Waals surface area contributed by atoms with Gasteiger partial charge in [0.25, 0.3) is 0 Å². The van der Waals surface area contributed by atoms with Gasteiger partial charge in [0.15, 0.2) is 0 Å². The van der Waals surface area contributed by atoms with Gasteiger partial charge in [0.1, 0.15) is 17.0 Å². The topological polar surface area (TPSA) is 32.3 Å². The number of likely N-dealkylation sites (N-methyl/N-ethyl adjacent to an activating group) is 1. The van der Waals surface area contributed by atoms with Gasteiger partial charge in [-0.2, -0.15) is 0 Å². The van der Waals surface area contributed by atoms with Gasteiger partial charge in [-0.15, -0.1) is 11.3 Å². The fraction of sp³-hybridized carbons (Fsp3) is 0.333. The van der Waals surface area contributed by atoms with Crippen LogP contribution < -0.4 is 4.90 Å². The van der Waals surface area contributed by atoms with Crippen LogP contribution in [0, 0.1) is 0 Å². The highest BCUT2D eigenvalue weighted by Gasteiger charge is 2.20. The summed E-state index contributed by atoms with van der Waals surface area (Å²) in [4.78, 5) is 15.0. The van der Waals surface area contributed by atoms with Crippen LogP contribution in [0.3, 0.4) is 0 Å². The van der Waals surface area contributed by atoms with Gasteiger partial charge in [0.05, 0.1) is 5.39 Å². The van der Waals surface area contributed by atoms with E-state index in [1.54, 1.807) is 17.7 Å². The molecule has 0 saturated carbocycles. The minimum absolute atomic E-state index is 0.755. The number of benzene rings is 1. The molecule has 0 bridgehead atoms. The van der Waals surface area contributed by atoms with E-state index in [1.165, 1.54) is 5.56 Å². The zero-order valence-electron chi connectivity index (χ0n) is 13.6. The van der Waals surface area contributed by atoms with Gasteiger partial charge in [-0.25, -0.2) is 9.97 Å². The average Bonchev–Trinajstić information content (AvgIpc) is 2.91. The van der Waals surface area contributed by atoms with Crippen molar-refractivity contribution < 1.29 is 0 Å². The quantitative estimate of drug-likeness (QED) is 0.688. The Morgan fingerprint density at radius 2 is 1.88 bits per heavy atom. The second-order valence-electron chi connectivity index (χ2n) is 6.18. The third-order valence-corrected chi connectivity index (χ3v) is 5.66. The summed E-state index contributed by atoms with van der Waals surface area (Å²) in [7, 11) is 2.18. The van der Waals surface area contributed by atoms with Crippen molar-refractivity contribution >= 4 is 39.0 Å². The second kappa shape index (κ2) is 6.67. The van der Waals surface area contributed by atoms with Crippen molar-refractivity contribution in [1.82, 2.24) is 14.9 Å². The Morgan fingerprint density at radius 1 is 1.04 bits per heavy atom. The first-order valence-electron chi connectivity index (χ1n) is 8.14. The molecule has 4 rings (SSSR count). The summed E-state index contributed by atoms with van der Waals surface area (Å²) in [5.74, 6) is 1.06. The number of rotatable bonds is 2. The SMILES string of the molecule is CN1CCCN(c2ncnc3scc(-c4ccc(Cl)cc4)c23)CC1. The lowest BCUT2D eigenvalue weighted by Gasteiger charge is -2.22. The lowest BCUT2D eigenvalue weighted by molar-refractivity contribution is 0.360. The maximum Gasteiger partial charge on any atom is 0.141 e. The van der Waals surface area contributed by atoms with E-state index >= 15 is 0 Å². The smallest absolute Gasteiger partial charge is 0.141 e. The van der Waals surface area contributed by atoms with Crippen LogP contribution >= 0.6 is 22.9 Å². The van der Waals surface area contributed by atoms with Gasteiger partial charge in [0.2, 0.25) is 0 Å². The van der Waals surface area contributed by atoms with E-state index in [1.807, 2.05) is 12.1 Å². The fourth-order valence-corrected chi connectivity index (χ4v) is 4.24. The number of thiophene rings is 1. The molecule has 0 amide bonds. The molecule has 2 aromatic heterocycles. The molecule has 0 N–H and O–H groups in total. The monoisotopic (exact) mass is 358 g/mol. The summed E-state index contributed by atoms with van der Waals surface area (Å²) < 4.78 is 0. The first kappa shape index (κ1) is 15.8. The van der Waals surface area contributed by atoms with Crippen molar-refractivity contribution in [2.75, 3.05) is 38.1 Å². The Bertz CT molecular complexity index is 846. The highest BCUT2D eigenvalue weighted by Crippen LogP contribution is 2.38. The van der Waals surface area contributed by atoms with Crippen molar-refractivity contribution in [2.45, 2.75) is 6.42 Å². The van der Waals surface area contributed by atoms with Crippen LogP contribution in [-0.2, 0) is 0 Å². The first-order chi connectivity index (χ1) is 11.7. The average molecular weight is 359 g/mol. The molecule has 0 spiro atoms. The molecule has 4 nitrogen and oxygen atoms in total. The summed E-state index contributed by atoms with van der Waals surface area (Å²) in [5, 5.41) is 4.09. The Labute approximate surface area is 150 Å². The van der Waals surface area contributed by atoms with Crippen LogP contribution in [0.25, 0.3) is 21.3 Å². The standard InChI is InChI=1S/C18H19ClN4S/c1-22-7-2-8-23(10-9-22)17-16-15(11-24-18(16)21-12-20-17)13-3-5-14(19)6-4-13/h3-6,11-12H,2,7-10H2,1H3. The highest BCUT2D eigenvalue weighted by molar-refractivity contribution is 7.17. The molecule has 1 aromatic carbocycles. The predicted molar refractivity (Wildman–Crippen MR) is 102 cm³/mol. The molecule has 24 heavy (non-hydrogen) atoms. The van der Waals surface area contributed by atoms with Crippen LogP contribution in [0.1, 0.15) is 6.42 Å². The molecule has 1 aliphatic rings. The van der Waals surface area contributed by atoms with Crippen molar-refractivity contribution in [2.24, 2.45) is 0 Å². The van der Waals surface area contributed by atoms with E-state index < -0.39 is 0 Å². The molecule has 1 fully saturated rings. The Hall–Kier alpha value is -1.69. The number of fused-ring (bicyclic) bond motifs is 1. The highest BCUT2D eigenvalue weighted by atomic mass is 35.5. The molecule has 0 aliphatic carbocycles. The van der Waals surface area contributed by atoms with E-state index in [4.69, 9.17) is 11.6 Å². The van der Waals surface area contributed by atoms with Gasteiger partial charge in [-0.3, -0.25) is 0 Å². The lowest BCUT2D eigenvalue weighted by atomic mass is 10.1. The number of hydrogen-bond acceptors (Lipinski definition) is 5. The Morgan fingerprint density at radius 3 is 2.71 bits per heavy atom. The molecule has 0 radical (unpaired) electrons. The molecule has 1 saturated heterocycles. The Kier molecular flexibility index (Phi) is 4.39.